The first-order valence-electron chi connectivity index (χ1n) is 6.79. The molecule has 0 atom stereocenters. The topological polar surface area (TPSA) is 55.1 Å². The van der Waals surface area contributed by atoms with Crippen molar-refractivity contribution in [3.63, 3.8) is 0 Å². The van der Waals surface area contributed by atoms with Crippen LogP contribution in [0.5, 0.6) is 0 Å². The summed E-state index contributed by atoms with van der Waals surface area (Å²) in [6.07, 6.45) is 3.98. The molecular weight excluding hydrogens is 275 g/mol. The minimum Gasteiger partial charge on any atom is -0.389 e. The molecule has 0 heterocycles. The van der Waals surface area contributed by atoms with Gasteiger partial charge in [-0.3, -0.25) is 4.79 Å². The van der Waals surface area contributed by atoms with E-state index in [0.717, 1.165) is 25.7 Å². The Morgan fingerprint density at radius 2 is 2.10 bits per heavy atom. The van der Waals surface area contributed by atoms with Gasteiger partial charge in [-0.1, -0.05) is 44.1 Å². The number of amides is 1. The second-order valence-corrected chi connectivity index (χ2v) is 6.06. The van der Waals surface area contributed by atoms with Gasteiger partial charge in [0.25, 0.3) is 0 Å². The molecule has 1 aromatic rings. The molecule has 0 saturated heterocycles. The van der Waals surface area contributed by atoms with Gasteiger partial charge in [0.05, 0.1) is 0 Å². The Labute approximate surface area is 123 Å². The van der Waals surface area contributed by atoms with Gasteiger partial charge in [0, 0.05) is 23.1 Å². The fourth-order valence-corrected chi connectivity index (χ4v) is 2.74. The van der Waals surface area contributed by atoms with Crippen LogP contribution in [0.4, 0.5) is 4.39 Å². The molecule has 0 radical (unpaired) electrons. The molecule has 0 spiro atoms. The average Bonchev–Trinajstić information content (AvgIpc) is 2.85. The van der Waals surface area contributed by atoms with E-state index in [9.17, 15) is 9.18 Å². The van der Waals surface area contributed by atoms with Gasteiger partial charge >= 0.3 is 0 Å². The lowest BCUT2D eigenvalue weighted by Gasteiger charge is -2.22. The minimum atomic E-state index is -0.396. The van der Waals surface area contributed by atoms with E-state index in [1.807, 2.05) is 6.92 Å². The molecule has 108 valence electrons. The first-order chi connectivity index (χ1) is 9.42. The number of hydrogen-bond acceptors (Lipinski definition) is 2. The van der Waals surface area contributed by atoms with Gasteiger partial charge < -0.3 is 11.1 Å². The van der Waals surface area contributed by atoms with Crippen molar-refractivity contribution in [3.05, 3.63) is 35.1 Å². The average molecular weight is 294 g/mol. The van der Waals surface area contributed by atoms with Crippen LogP contribution in [0.25, 0.3) is 0 Å². The molecule has 1 saturated carbocycles. The lowest BCUT2D eigenvalue weighted by atomic mass is 9.88. The number of rotatable bonds is 4. The molecule has 1 aliphatic carbocycles. The molecule has 0 aromatic heterocycles. The predicted molar refractivity (Wildman–Crippen MR) is 80.7 cm³/mol. The van der Waals surface area contributed by atoms with E-state index in [0.29, 0.717) is 11.1 Å². The smallest absolute Gasteiger partial charge is 0.226 e. The Balaban J connectivity index is 2.00. The highest BCUT2D eigenvalue weighted by Crippen LogP contribution is 2.37. The highest BCUT2D eigenvalue weighted by molar-refractivity contribution is 7.80. The van der Waals surface area contributed by atoms with E-state index in [2.05, 4.69) is 5.32 Å². The summed E-state index contributed by atoms with van der Waals surface area (Å²) in [7, 11) is 0. The van der Waals surface area contributed by atoms with Crippen LogP contribution >= 0.6 is 12.2 Å². The standard InChI is InChI=1S/C15H19FN2OS/c1-15(6-2-3-7-15)14(19)18-9-11-5-4-10(13(17)20)8-12(11)16/h4-5,8H,2-3,6-7,9H2,1H3,(H2,17,20)(H,18,19). The van der Waals surface area contributed by atoms with Crippen molar-refractivity contribution < 1.29 is 9.18 Å². The summed E-state index contributed by atoms with van der Waals surface area (Å²) in [5, 5.41) is 2.83. The van der Waals surface area contributed by atoms with Crippen molar-refractivity contribution in [1.82, 2.24) is 5.32 Å². The highest BCUT2D eigenvalue weighted by Gasteiger charge is 2.35. The Morgan fingerprint density at radius 3 is 2.65 bits per heavy atom. The lowest BCUT2D eigenvalue weighted by Crippen LogP contribution is -2.36. The SMILES string of the molecule is CC1(C(=O)NCc2ccc(C(N)=S)cc2F)CCCC1. The van der Waals surface area contributed by atoms with Crippen LogP contribution in [0.2, 0.25) is 0 Å². The van der Waals surface area contributed by atoms with E-state index in [1.54, 1.807) is 12.1 Å². The monoisotopic (exact) mass is 294 g/mol. The first-order valence-corrected chi connectivity index (χ1v) is 7.20. The number of carbonyl (C=O) groups excluding carboxylic acids is 1. The number of halogens is 1. The van der Waals surface area contributed by atoms with Crippen LogP contribution in [0.3, 0.4) is 0 Å². The third-order valence-corrected chi connectivity index (χ3v) is 4.27. The minimum absolute atomic E-state index is 0.00724. The maximum atomic E-state index is 13.9. The normalized spacial score (nSPS) is 16.9. The molecule has 2 rings (SSSR count). The van der Waals surface area contributed by atoms with Gasteiger partial charge in [0.1, 0.15) is 10.8 Å². The Morgan fingerprint density at radius 1 is 1.45 bits per heavy atom. The third-order valence-electron chi connectivity index (χ3n) is 4.03. The molecule has 1 aliphatic rings. The number of thiocarbonyl (C=S) groups is 1. The predicted octanol–water partition coefficient (Wildman–Crippen LogP) is 2.66. The van der Waals surface area contributed by atoms with Crippen LogP contribution in [0, 0.1) is 11.2 Å². The van der Waals surface area contributed by atoms with Gasteiger partial charge in [-0.25, -0.2) is 4.39 Å². The Hall–Kier alpha value is -1.49. The molecule has 20 heavy (non-hydrogen) atoms. The molecule has 1 aromatic carbocycles. The molecule has 0 unspecified atom stereocenters. The van der Waals surface area contributed by atoms with Crippen molar-refractivity contribution in [2.45, 2.75) is 39.2 Å². The van der Waals surface area contributed by atoms with E-state index in [4.69, 9.17) is 18.0 Å². The summed E-state index contributed by atoms with van der Waals surface area (Å²) in [5.41, 5.74) is 6.09. The van der Waals surface area contributed by atoms with E-state index in [1.165, 1.54) is 6.07 Å². The van der Waals surface area contributed by atoms with Crippen molar-refractivity contribution in [3.8, 4) is 0 Å². The van der Waals surface area contributed by atoms with Crippen LogP contribution in [0.15, 0.2) is 18.2 Å². The second-order valence-electron chi connectivity index (χ2n) is 5.62. The maximum Gasteiger partial charge on any atom is 0.226 e. The molecule has 0 aliphatic heterocycles. The molecule has 1 fully saturated rings. The van der Waals surface area contributed by atoms with Crippen molar-refractivity contribution in [2.24, 2.45) is 11.1 Å². The fourth-order valence-electron chi connectivity index (χ4n) is 2.62. The molecule has 5 heteroatoms. The van der Waals surface area contributed by atoms with E-state index < -0.39 is 5.82 Å². The lowest BCUT2D eigenvalue weighted by molar-refractivity contribution is -0.130. The molecular formula is C15H19FN2OS. The zero-order chi connectivity index (χ0) is 14.8. The number of carbonyl (C=O) groups is 1. The van der Waals surface area contributed by atoms with Gasteiger partial charge in [-0.2, -0.15) is 0 Å². The third kappa shape index (κ3) is 3.15. The fraction of sp³-hybridized carbons (Fsp3) is 0.467. The number of nitrogens with one attached hydrogen (secondary N) is 1. The summed E-state index contributed by atoms with van der Waals surface area (Å²) in [6.45, 7) is 2.17. The number of hydrogen-bond donors (Lipinski definition) is 2. The maximum absolute atomic E-state index is 13.9. The molecule has 0 bridgehead atoms. The largest absolute Gasteiger partial charge is 0.389 e. The Kier molecular flexibility index (Phi) is 4.38. The van der Waals surface area contributed by atoms with Crippen LogP contribution in [-0.2, 0) is 11.3 Å². The van der Waals surface area contributed by atoms with Crippen LogP contribution < -0.4 is 11.1 Å². The quantitative estimate of drug-likeness (QED) is 0.839. The van der Waals surface area contributed by atoms with Crippen LogP contribution in [0.1, 0.15) is 43.7 Å². The van der Waals surface area contributed by atoms with Crippen molar-refractivity contribution >= 4 is 23.1 Å². The zero-order valence-corrected chi connectivity index (χ0v) is 12.4. The molecule has 3 N–H and O–H groups in total. The number of benzene rings is 1. The zero-order valence-electron chi connectivity index (χ0n) is 11.5. The summed E-state index contributed by atoms with van der Waals surface area (Å²) >= 11 is 4.80. The molecule has 3 nitrogen and oxygen atoms in total. The second kappa shape index (κ2) is 5.87. The van der Waals surface area contributed by atoms with Gasteiger partial charge in [0.15, 0.2) is 0 Å². The van der Waals surface area contributed by atoms with E-state index in [-0.39, 0.29) is 22.9 Å². The first kappa shape index (κ1) is 14.9. The van der Waals surface area contributed by atoms with Gasteiger partial charge in [-0.15, -0.1) is 0 Å². The molecule has 1 amide bonds. The van der Waals surface area contributed by atoms with Crippen LogP contribution in [-0.4, -0.2) is 10.9 Å². The highest BCUT2D eigenvalue weighted by atomic mass is 32.1. The summed E-state index contributed by atoms with van der Waals surface area (Å²) in [6, 6.07) is 4.59. The summed E-state index contributed by atoms with van der Waals surface area (Å²) in [5.74, 6) is -0.389. The van der Waals surface area contributed by atoms with Crippen molar-refractivity contribution in [2.75, 3.05) is 0 Å². The van der Waals surface area contributed by atoms with Gasteiger partial charge in [-0.05, 0) is 18.9 Å². The number of nitrogens with two attached hydrogens (primary N) is 1. The van der Waals surface area contributed by atoms with Gasteiger partial charge in [0.2, 0.25) is 5.91 Å². The van der Waals surface area contributed by atoms with Crippen molar-refractivity contribution in [1.29, 1.82) is 0 Å². The summed E-state index contributed by atoms with van der Waals surface area (Å²) < 4.78 is 13.9. The Bertz CT molecular complexity index is 539. The van der Waals surface area contributed by atoms with E-state index >= 15 is 0 Å². The summed E-state index contributed by atoms with van der Waals surface area (Å²) in [4.78, 5) is 12.3.